The minimum Gasteiger partial charge on any atom is -0.461 e. The van der Waals surface area contributed by atoms with Crippen molar-refractivity contribution >= 4 is 38.7 Å². The molecule has 2 unspecified atom stereocenters. The number of fused-ring (bicyclic) bond motifs is 4. The zero-order valence-corrected chi connectivity index (χ0v) is 24.5. The molecule has 214 valence electrons. The number of halogens is 3. The average molecular weight is 620 g/mol. The Morgan fingerprint density at radius 1 is 1.25 bits per heavy atom. The molecule has 6 rings (SSSR count). The summed E-state index contributed by atoms with van der Waals surface area (Å²) in [7, 11) is 0. The first kappa shape index (κ1) is 27.4. The van der Waals surface area contributed by atoms with Gasteiger partial charge in [0, 0.05) is 31.4 Å². The Kier molecular flexibility index (Phi) is 6.81. The Morgan fingerprint density at radius 3 is 2.65 bits per heavy atom. The van der Waals surface area contributed by atoms with Crippen molar-refractivity contribution in [3.63, 3.8) is 0 Å². The van der Waals surface area contributed by atoms with E-state index >= 15 is 4.39 Å². The second kappa shape index (κ2) is 9.94. The fourth-order valence-electron chi connectivity index (χ4n) is 6.89. The maximum atomic E-state index is 15.6. The van der Waals surface area contributed by atoms with Gasteiger partial charge in [-0.3, -0.25) is 9.80 Å². The third kappa shape index (κ3) is 4.75. The average Bonchev–Trinajstić information content (AvgIpc) is 3.50. The van der Waals surface area contributed by atoms with Gasteiger partial charge in [0.2, 0.25) is 0 Å². The zero-order valence-electron chi connectivity index (χ0n) is 22.9. The first-order valence-electron chi connectivity index (χ1n) is 13.9. The quantitative estimate of drug-likeness (QED) is 0.475. The van der Waals surface area contributed by atoms with Crippen LogP contribution in [0.15, 0.2) is 10.5 Å². The highest BCUT2D eigenvalue weighted by molar-refractivity contribution is 9.10. The third-order valence-corrected chi connectivity index (χ3v) is 9.34. The summed E-state index contributed by atoms with van der Waals surface area (Å²) < 4.78 is 41.7. The first-order chi connectivity index (χ1) is 19.0. The Balaban J connectivity index is 1.34. The summed E-state index contributed by atoms with van der Waals surface area (Å²) in [5, 5.41) is 10.0. The van der Waals surface area contributed by atoms with Crippen molar-refractivity contribution in [3.05, 3.63) is 21.9 Å². The summed E-state index contributed by atoms with van der Waals surface area (Å²) in [6.45, 7) is 7.94. The summed E-state index contributed by atoms with van der Waals surface area (Å²) in [5.41, 5.74) is -0.820. The summed E-state index contributed by atoms with van der Waals surface area (Å²) in [4.78, 5) is 28.2. The van der Waals surface area contributed by atoms with Crippen LogP contribution >= 0.6 is 15.9 Å². The van der Waals surface area contributed by atoms with Crippen molar-refractivity contribution in [2.45, 2.75) is 82.3 Å². The molecule has 12 heteroatoms. The van der Waals surface area contributed by atoms with Gasteiger partial charge in [-0.1, -0.05) is 0 Å². The molecular formula is C28H33BrF2N6O3. The molecule has 2 bridgehead atoms. The maximum Gasteiger partial charge on any atom is 0.410 e. The van der Waals surface area contributed by atoms with Crippen LogP contribution in [0.25, 0.3) is 10.9 Å². The van der Waals surface area contributed by atoms with E-state index in [9.17, 15) is 14.4 Å². The number of nitriles is 1. The number of benzene rings is 1. The Bertz CT molecular complexity index is 1380. The van der Waals surface area contributed by atoms with Crippen LogP contribution in [0, 0.1) is 17.1 Å². The number of anilines is 1. The standard InChI is InChI=1S/C28H33BrF2N6O3/c1-27(2,3)40-26(38)37-18-5-6-19(37)14-35(13-18)24-20-9-16(11-32)21(29)22(31)23(20)33-25(34-24)39-15-28-7-4-8-36(28)12-17(30)10-28/h9,17-19H,4-8,10,12-15H2,1-3H3/t17-,18?,19?,28+/m1/s1. The number of carbonyl (C=O) groups is 1. The Hall–Kier alpha value is -2.78. The lowest BCUT2D eigenvalue weighted by Gasteiger charge is -2.42. The molecule has 0 saturated carbocycles. The highest BCUT2D eigenvalue weighted by Gasteiger charge is 2.50. The summed E-state index contributed by atoms with van der Waals surface area (Å²) in [5.74, 6) is -0.206. The van der Waals surface area contributed by atoms with Crippen LogP contribution in [0.4, 0.5) is 19.4 Å². The van der Waals surface area contributed by atoms with Crippen molar-refractivity contribution in [2.24, 2.45) is 0 Å². The molecule has 1 aromatic heterocycles. The lowest BCUT2D eigenvalue weighted by molar-refractivity contribution is 0.0122. The molecule has 1 amide bonds. The third-order valence-electron chi connectivity index (χ3n) is 8.57. The number of hydrogen-bond acceptors (Lipinski definition) is 8. The fraction of sp³-hybridized carbons (Fsp3) is 0.643. The summed E-state index contributed by atoms with van der Waals surface area (Å²) in [6, 6.07) is 3.45. The minimum atomic E-state index is -0.897. The maximum absolute atomic E-state index is 15.6. The molecule has 4 saturated heterocycles. The number of piperazine rings is 1. The fourth-order valence-corrected chi connectivity index (χ4v) is 7.28. The van der Waals surface area contributed by atoms with Crippen LogP contribution in [0.3, 0.4) is 0 Å². The number of nitrogens with zero attached hydrogens (tertiary/aromatic N) is 6. The van der Waals surface area contributed by atoms with Gasteiger partial charge in [-0.05, 0) is 75.0 Å². The molecule has 0 radical (unpaired) electrons. The molecule has 0 aliphatic carbocycles. The monoisotopic (exact) mass is 618 g/mol. The Labute approximate surface area is 240 Å². The van der Waals surface area contributed by atoms with E-state index in [2.05, 4.69) is 25.8 Å². The molecule has 1 aromatic carbocycles. The van der Waals surface area contributed by atoms with Crippen LogP contribution in [0.2, 0.25) is 0 Å². The number of alkyl halides is 1. The molecule has 0 spiro atoms. The lowest BCUT2D eigenvalue weighted by atomic mass is 9.95. The van der Waals surface area contributed by atoms with Crippen LogP contribution < -0.4 is 9.64 Å². The molecule has 40 heavy (non-hydrogen) atoms. The minimum absolute atomic E-state index is 0.0171. The van der Waals surface area contributed by atoms with Crippen molar-refractivity contribution in [1.29, 1.82) is 5.26 Å². The van der Waals surface area contributed by atoms with Crippen LogP contribution in [0.5, 0.6) is 6.01 Å². The van der Waals surface area contributed by atoms with Crippen LogP contribution in [-0.4, -0.2) is 88.0 Å². The van der Waals surface area contributed by atoms with Crippen LogP contribution in [-0.2, 0) is 4.74 Å². The van der Waals surface area contributed by atoms with Gasteiger partial charge in [-0.15, -0.1) is 0 Å². The van der Waals surface area contributed by atoms with E-state index in [1.54, 1.807) is 6.07 Å². The Morgan fingerprint density at radius 2 is 1.98 bits per heavy atom. The molecule has 0 N–H and O–H groups in total. The number of amides is 1. The van der Waals surface area contributed by atoms with Gasteiger partial charge in [0.15, 0.2) is 5.82 Å². The van der Waals surface area contributed by atoms with E-state index in [1.165, 1.54) is 0 Å². The highest BCUT2D eigenvalue weighted by Crippen LogP contribution is 2.42. The van der Waals surface area contributed by atoms with Crippen molar-refractivity contribution in [2.75, 3.05) is 37.7 Å². The van der Waals surface area contributed by atoms with E-state index < -0.39 is 23.1 Å². The van der Waals surface area contributed by atoms with E-state index in [0.717, 1.165) is 32.2 Å². The topological polar surface area (TPSA) is 94.8 Å². The predicted molar refractivity (Wildman–Crippen MR) is 148 cm³/mol. The van der Waals surface area contributed by atoms with E-state index in [-0.39, 0.29) is 46.3 Å². The van der Waals surface area contributed by atoms with E-state index in [1.807, 2.05) is 36.6 Å². The molecule has 9 nitrogen and oxygen atoms in total. The molecular weight excluding hydrogens is 586 g/mol. The summed E-state index contributed by atoms with van der Waals surface area (Å²) >= 11 is 3.20. The zero-order chi connectivity index (χ0) is 28.4. The van der Waals surface area contributed by atoms with Gasteiger partial charge < -0.3 is 14.4 Å². The highest BCUT2D eigenvalue weighted by atomic mass is 79.9. The number of rotatable bonds is 4. The molecule has 4 aliphatic heterocycles. The van der Waals surface area contributed by atoms with Crippen molar-refractivity contribution < 1.29 is 23.0 Å². The van der Waals surface area contributed by atoms with Crippen molar-refractivity contribution in [3.8, 4) is 12.1 Å². The molecule has 4 aliphatic rings. The number of ether oxygens (including phenoxy) is 2. The van der Waals surface area contributed by atoms with Gasteiger partial charge in [-0.2, -0.15) is 15.2 Å². The van der Waals surface area contributed by atoms with Crippen molar-refractivity contribution in [1.82, 2.24) is 19.8 Å². The van der Waals surface area contributed by atoms with Gasteiger partial charge in [0.05, 0.1) is 27.7 Å². The van der Waals surface area contributed by atoms with Gasteiger partial charge in [-0.25, -0.2) is 13.6 Å². The molecule has 5 heterocycles. The van der Waals surface area contributed by atoms with E-state index in [4.69, 9.17) is 14.5 Å². The SMILES string of the molecule is CC(C)(C)OC(=O)N1C2CCC1CN(c1nc(OC[C@@]34CCCN3C[C@H](F)C4)nc3c(F)c(Br)c(C#N)cc13)C2. The van der Waals surface area contributed by atoms with Gasteiger partial charge in [0.25, 0.3) is 0 Å². The largest absolute Gasteiger partial charge is 0.461 e. The second-order valence-corrected chi connectivity index (χ2v) is 13.2. The normalized spacial score (nSPS) is 28.2. The van der Waals surface area contributed by atoms with Gasteiger partial charge in [0.1, 0.15) is 35.8 Å². The number of hydrogen-bond donors (Lipinski definition) is 0. The van der Waals surface area contributed by atoms with E-state index in [0.29, 0.717) is 37.3 Å². The van der Waals surface area contributed by atoms with Crippen LogP contribution in [0.1, 0.15) is 58.4 Å². The second-order valence-electron chi connectivity index (χ2n) is 12.4. The number of aromatic nitrogens is 2. The lowest BCUT2D eigenvalue weighted by Crippen LogP contribution is -2.57. The smallest absolute Gasteiger partial charge is 0.410 e. The van der Waals surface area contributed by atoms with Gasteiger partial charge >= 0.3 is 12.1 Å². The number of carbonyl (C=O) groups excluding carboxylic acids is 1. The molecule has 4 atom stereocenters. The predicted octanol–water partition coefficient (Wildman–Crippen LogP) is 4.95. The molecule has 2 aromatic rings. The first-order valence-corrected chi connectivity index (χ1v) is 14.7. The molecule has 4 fully saturated rings. The summed E-state index contributed by atoms with van der Waals surface area (Å²) in [6.07, 6.45) is 2.61.